The second kappa shape index (κ2) is 6.27. The van der Waals surface area contributed by atoms with Crippen LogP contribution in [-0.2, 0) is 4.74 Å². The summed E-state index contributed by atoms with van der Waals surface area (Å²) in [6, 6.07) is 9.85. The van der Waals surface area contributed by atoms with Crippen LogP contribution >= 0.6 is 27.5 Å². The van der Waals surface area contributed by atoms with Crippen molar-refractivity contribution in [2.45, 2.75) is 13.0 Å². The average molecular weight is 328 g/mol. The lowest BCUT2D eigenvalue weighted by atomic mass is 10.1. The van der Waals surface area contributed by atoms with Crippen LogP contribution in [0.3, 0.4) is 0 Å². The molecule has 2 aromatic rings. The third-order valence-corrected chi connectivity index (χ3v) is 3.49. The van der Waals surface area contributed by atoms with Gasteiger partial charge in [0.1, 0.15) is 11.3 Å². The van der Waals surface area contributed by atoms with Gasteiger partial charge in [0.05, 0.1) is 4.47 Å². The van der Waals surface area contributed by atoms with Crippen LogP contribution in [0, 0.1) is 0 Å². The van der Waals surface area contributed by atoms with Crippen LogP contribution < -0.4 is 0 Å². The molecule has 3 nitrogen and oxygen atoms in total. The minimum Gasteiger partial charge on any atom is -0.366 e. The summed E-state index contributed by atoms with van der Waals surface area (Å²) in [6.07, 6.45) is 1.35. The van der Waals surface area contributed by atoms with Crippen molar-refractivity contribution in [3.8, 4) is 0 Å². The number of halogens is 2. The van der Waals surface area contributed by atoms with Crippen molar-refractivity contribution in [1.29, 1.82) is 0 Å². The van der Waals surface area contributed by atoms with E-state index in [1.807, 2.05) is 37.3 Å². The van der Waals surface area contributed by atoms with Crippen LogP contribution in [0.15, 0.2) is 41.0 Å². The Bertz CT molecular complexity index is 522. The van der Waals surface area contributed by atoms with Crippen LogP contribution in [0.25, 0.3) is 0 Å². The highest BCUT2D eigenvalue weighted by atomic mass is 79.9. The summed E-state index contributed by atoms with van der Waals surface area (Å²) < 4.78 is 6.39. The highest BCUT2D eigenvalue weighted by Gasteiger charge is 2.18. The van der Waals surface area contributed by atoms with Crippen molar-refractivity contribution < 1.29 is 4.74 Å². The van der Waals surface area contributed by atoms with E-state index in [9.17, 15) is 0 Å². The summed E-state index contributed by atoms with van der Waals surface area (Å²) in [6.45, 7) is 2.52. The minimum atomic E-state index is -0.290. The van der Waals surface area contributed by atoms with Gasteiger partial charge in [-0.05, 0) is 28.4 Å². The monoisotopic (exact) mass is 326 g/mol. The van der Waals surface area contributed by atoms with Crippen LogP contribution in [0.2, 0.25) is 5.15 Å². The summed E-state index contributed by atoms with van der Waals surface area (Å²) >= 11 is 9.27. The molecule has 18 heavy (non-hydrogen) atoms. The molecule has 0 amide bonds. The molecule has 0 radical (unpaired) electrons. The Morgan fingerprint density at radius 3 is 2.67 bits per heavy atom. The van der Waals surface area contributed by atoms with Crippen molar-refractivity contribution in [2.75, 3.05) is 6.61 Å². The molecular formula is C13H12BrClN2O. The van der Waals surface area contributed by atoms with Gasteiger partial charge in [-0.15, -0.1) is 0 Å². The number of hydrogen-bond acceptors (Lipinski definition) is 3. The third kappa shape index (κ3) is 3.07. The van der Waals surface area contributed by atoms with E-state index in [0.29, 0.717) is 22.1 Å². The third-order valence-electron chi connectivity index (χ3n) is 2.39. The molecule has 94 valence electrons. The number of rotatable bonds is 4. The lowest BCUT2D eigenvalue weighted by Crippen LogP contribution is -2.10. The summed E-state index contributed by atoms with van der Waals surface area (Å²) in [5.41, 5.74) is 1.01. The maximum atomic E-state index is 5.99. The molecule has 1 atom stereocenters. The van der Waals surface area contributed by atoms with Crippen LogP contribution in [0.4, 0.5) is 0 Å². The number of aromatic nitrogens is 2. The molecule has 0 fully saturated rings. The molecule has 0 aliphatic carbocycles. The van der Waals surface area contributed by atoms with E-state index >= 15 is 0 Å². The molecule has 5 heteroatoms. The van der Waals surface area contributed by atoms with Crippen molar-refractivity contribution in [3.05, 3.63) is 57.5 Å². The Balaban J connectivity index is 2.38. The van der Waals surface area contributed by atoms with Crippen molar-refractivity contribution in [2.24, 2.45) is 0 Å². The van der Waals surface area contributed by atoms with Gasteiger partial charge in [-0.1, -0.05) is 41.9 Å². The van der Waals surface area contributed by atoms with E-state index in [1.165, 1.54) is 0 Å². The molecule has 0 bridgehead atoms. The zero-order valence-electron chi connectivity index (χ0n) is 9.81. The first-order valence-corrected chi connectivity index (χ1v) is 6.74. The molecule has 0 saturated carbocycles. The van der Waals surface area contributed by atoms with Crippen molar-refractivity contribution >= 4 is 27.5 Å². The first kappa shape index (κ1) is 13.5. The van der Waals surface area contributed by atoms with Gasteiger partial charge in [-0.3, -0.25) is 0 Å². The summed E-state index contributed by atoms with van der Waals surface area (Å²) in [7, 11) is 0. The van der Waals surface area contributed by atoms with Gasteiger partial charge in [0.25, 0.3) is 0 Å². The molecule has 1 aromatic heterocycles. The standard InChI is InChI=1S/C13H12BrClN2O/c1-2-18-11(9-6-4-3-5-7-9)13-16-8-10(14)12(15)17-13/h3-8,11H,2H2,1H3. The summed E-state index contributed by atoms with van der Waals surface area (Å²) in [4.78, 5) is 8.52. The molecule has 1 aromatic carbocycles. The van der Waals surface area contributed by atoms with Crippen LogP contribution in [0.5, 0.6) is 0 Å². The van der Waals surface area contributed by atoms with Gasteiger partial charge in [0, 0.05) is 12.8 Å². The summed E-state index contributed by atoms with van der Waals surface area (Å²) in [5, 5.41) is 0.389. The van der Waals surface area contributed by atoms with Gasteiger partial charge in [-0.25, -0.2) is 9.97 Å². The van der Waals surface area contributed by atoms with Gasteiger partial charge in [0.15, 0.2) is 5.82 Å². The molecule has 1 heterocycles. The van der Waals surface area contributed by atoms with E-state index in [0.717, 1.165) is 5.56 Å². The topological polar surface area (TPSA) is 35.0 Å². The maximum absolute atomic E-state index is 5.99. The largest absolute Gasteiger partial charge is 0.366 e. The second-order valence-electron chi connectivity index (χ2n) is 3.61. The first-order valence-electron chi connectivity index (χ1n) is 5.57. The second-order valence-corrected chi connectivity index (χ2v) is 4.83. The lowest BCUT2D eigenvalue weighted by molar-refractivity contribution is 0.0851. The van der Waals surface area contributed by atoms with E-state index in [1.54, 1.807) is 6.20 Å². The number of hydrogen-bond donors (Lipinski definition) is 0. The molecule has 0 aliphatic heterocycles. The zero-order chi connectivity index (χ0) is 13.0. The van der Waals surface area contributed by atoms with Gasteiger partial charge < -0.3 is 4.74 Å². The average Bonchev–Trinajstić information content (AvgIpc) is 2.40. The Morgan fingerprint density at radius 1 is 1.33 bits per heavy atom. The number of ether oxygens (including phenoxy) is 1. The molecule has 0 N–H and O–H groups in total. The van der Waals surface area contributed by atoms with E-state index in [4.69, 9.17) is 16.3 Å². The Morgan fingerprint density at radius 2 is 2.06 bits per heavy atom. The lowest BCUT2D eigenvalue weighted by Gasteiger charge is -2.16. The smallest absolute Gasteiger partial charge is 0.163 e. The fourth-order valence-corrected chi connectivity index (χ4v) is 1.93. The van der Waals surface area contributed by atoms with Crippen LogP contribution in [0.1, 0.15) is 24.4 Å². The number of benzene rings is 1. The van der Waals surface area contributed by atoms with E-state index in [-0.39, 0.29) is 6.10 Å². The van der Waals surface area contributed by atoms with E-state index in [2.05, 4.69) is 25.9 Å². The SMILES string of the molecule is CCOC(c1ccccc1)c1ncc(Br)c(Cl)n1. The molecule has 0 aliphatic rings. The van der Waals surface area contributed by atoms with Crippen molar-refractivity contribution in [3.63, 3.8) is 0 Å². The van der Waals surface area contributed by atoms with Gasteiger partial charge >= 0.3 is 0 Å². The van der Waals surface area contributed by atoms with Gasteiger partial charge in [0.2, 0.25) is 0 Å². The van der Waals surface area contributed by atoms with Crippen molar-refractivity contribution in [1.82, 2.24) is 9.97 Å². The fourth-order valence-electron chi connectivity index (χ4n) is 1.60. The maximum Gasteiger partial charge on any atom is 0.163 e. The molecule has 0 saturated heterocycles. The molecular weight excluding hydrogens is 316 g/mol. The zero-order valence-corrected chi connectivity index (χ0v) is 12.1. The fraction of sp³-hybridized carbons (Fsp3) is 0.231. The number of nitrogens with zero attached hydrogens (tertiary/aromatic N) is 2. The van der Waals surface area contributed by atoms with E-state index < -0.39 is 0 Å². The molecule has 0 spiro atoms. The first-order chi connectivity index (χ1) is 8.72. The Hall–Kier alpha value is -0.970. The quantitative estimate of drug-likeness (QED) is 0.796. The van der Waals surface area contributed by atoms with Gasteiger partial charge in [-0.2, -0.15) is 0 Å². The molecule has 2 rings (SSSR count). The Labute approximate surface area is 119 Å². The predicted molar refractivity (Wildman–Crippen MR) is 74.7 cm³/mol. The molecule has 1 unspecified atom stereocenters. The Kier molecular flexibility index (Phi) is 4.69. The summed E-state index contributed by atoms with van der Waals surface area (Å²) in [5.74, 6) is 0.566. The van der Waals surface area contributed by atoms with Crippen LogP contribution in [-0.4, -0.2) is 16.6 Å². The predicted octanol–water partition coefficient (Wildman–Crippen LogP) is 4.02. The minimum absolute atomic E-state index is 0.290. The highest BCUT2D eigenvalue weighted by Crippen LogP contribution is 2.26. The highest BCUT2D eigenvalue weighted by molar-refractivity contribution is 9.10. The normalized spacial score (nSPS) is 12.4.